The van der Waals surface area contributed by atoms with E-state index in [0.29, 0.717) is 18.4 Å². The Morgan fingerprint density at radius 2 is 2.36 bits per heavy atom. The van der Waals surface area contributed by atoms with Crippen molar-refractivity contribution in [1.82, 2.24) is 4.90 Å². The number of halogens is 1. The summed E-state index contributed by atoms with van der Waals surface area (Å²) in [6, 6.07) is 0. The van der Waals surface area contributed by atoms with Crippen molar-refractivity contribution < 1.29 is 14.3 Å². The fraction of sp³-hybridized carbons (Fsp3) is 0.889. The maximum absolute atomic E-state index is 11.4. The van der Waals surface area contributed by atoms with Crippen molar-refractivity contribution in [2.45, 2.75) is 25.0 Å². The zero-order valence-corrected chi connectivity index (χ0v) is 9.53. The van der Waals surface area contributed by atoms with Gasteiger partial charge in [-0.3, -0.25) is 0 Å². The third-order valence-corrected chi connectivity index (χ3v) is 3.29. The highest BCUT2D eigenvalue weighted by Gasteiger charge is 2.32. The molecule has 2 rings (SSSR count). The van der Waals surface area contributed by atoms with Crippen molar-refractivity contribution in [2.24, 2.45) is 0 Å². The normalized spacial score (nSPS) is 32.4. The molecule has 5 heteroatoms. The zero-order chi connectivity index (χ0) is 9.97. The number of amides is 1. The molecule has 0 aromatic rings. The number of carbonyl (C=O) groups excluding carboxylic acids is 1. The highest BCUT2D eigenvalue weighted by Crippen LogP contribution is 2.18. The third kappa shape index (κ3) is 2.20. The highest BCUT2D eigenvalue weighted by molar-refractivity contribution is 9.09. The van der Waals surface area contributed by atoms with Crippen molar-refractivity contribution in [1.29, 1.82) is 0 Å². The van der Waals surface area contributed by atoms with Crippen molar-refractivity contribution in [2.75, 3.05) is 25.0 Å². The minimum absolute atomic E-state index is 0.00361. The summed E-state index contributed by atoms with van der Waals surface area (Å²) in [7, 11) is 0. The molecule has 0 bridgehead atoms. The lowest BCUT2D eigenvalue weighted by Crippen LogP contribution is -2.33. The highest BCUT2D eigenvalue weighted by atomic mass is 79.9. The molecule has 1 amide bonds. The quantitative estimate of drug-likeness (QED) is 0.723. The van der Waals surface area contributed by atoms with Crippen LogP contribution in [0.1, 0.15) is 12.8 Å². The molecule has 0 N–H and O–H groups in total. The van der Waals surface area contributed by atoms with Gasteiger partial charge in [0.2, 0.25) is 0 Å². The largest absolute Gasteiger partial charge is 0.443 e. The van der Waals surface area contributed by atoms with Crippen molar-refractivity contribution in [3.8, 4) is 0 Å². The van der Waals surface area contributed by atoms with Crippen LogP contribution in [0, 0.1) is 0 Å². The van der Waals surface area contributed by atoms with Gasteiger partial charge in [0.25, 0.3) is 0 Å². The molecule has 0 aromatic carbocycles. The smallest absolute Gasteiger partial charge is 0.410 e. The zero-order valence-electron chi connectivity index (χ0n) is 7.95. The standard InChI is InChI=1S/C9H14BrNO3/c10-4-8-6-11(9(12)14-8)5-7-2-1-3-13-7/h7-8H,1-6H2. The topological polar surface area (TPSA) is 38.8 Å². The molecule has 14 heavy (non-hydrogen) atoms. The van der Waals surface area contributed by atoms with E-state index in [1.807, 2.05) is 0 Å². The summed E-state index contributed by atoms with van der Waals surface area (Å²) in [5, 5.41) is 0.709. The van der Waals surface area contributed by atoms with Crippen LogP contribution in [-0.4, -0.2) is 48.2 Å². The maximum atomic E-state index is 11.4. The van der Waals surface area contributed by atoms with Crippen LogP contribution in [0.5, 0.6) is 0 Å². The lowest BCUT2D eigenvalue weighted by atomic mass is 10.2. The third-order valence-electron chi connectivity index (χ3n) is 2.57. The summed E-state index contributed by atoms with van der Waals surface area (Å²) in [4.78, 5) is 13.1. The van der Waals surface area contributed by atoms with Crippen molar-refractivity contribution in [3.05, 3.63) is 0 Å². The Balaban J connectivity index is 1.82. The average Bonchev–Trinajstić information content (AvgIpc) is 2.78. The van der Waals surface area contributed by atoms with Crippen LogP contribution < -0.4 is 0 Å². The molecule has 4 nitrogen and oxygen atoms in total. The fourth-order valence-corrected chi connectivity index (χ4v) is 2.18. The molecular formula is C9H14BrNO3. The molecule has 0 radical (unpaired) electrons. The molecule has 0 saturated carbocycles. The van der Waals surface area contributed by atoms with Gasteiger partial charge in [-0.15, -0.1) is 0 Å². The molecule has 2 heterocycles. The van der Waals surface area contributed by atoms with Crippen LogP contribution >= 0.6 is 15.9 Å². The van der Waals surface area contributed by atoms with Gasteiger partial charge >= 0.3 is 6.09 Å². The van der Waals surface area contributed by atoms with Crippen molar-refractivity contribution >= 4 is 22.0 Å². The SMILES string of the molecule is O=C1OC(CBr)CN1CC1CCCO1. The van der Waals surface area contributed by atoms with Crippen LogP contribution in [0.15, 0.2) is 0 Å². The van der Waals surface area contributed by atoms with Gasteiger partial charge in [0.15, 0.2) is 0 Å². The number of cyclic esters (lactones) is 1. The summed E-state index contributed by atoms with van der Waals surface area (Å²) in [5.41, 5.74) is 0. The Morgan fingerprint density at radius 3 is 2.93 bits per heavy atom. The van der Waals surface area contributed by atoms with Gasteiger partial charge in [-0.25, -0.2) is 4.79 Å². The van der Waals surface area contributed by atoms with E-state index >= 15 is 0 Å². The lowest BCUT2D eigenvalue weighted by molar-refractivity contribution is 0.0825. The average molecular weight is 264 g/mol. The van der Waals surface area contributed by atoms with Gasteiger partial charge in [0.1, 0.15) is 6.10 Å². The van der Waals surface area contributed by atoms with Crippen LogP contribution in [0.4, 0.5) is 4.79 Å². The van der Waals surface area contributed by atoms with Crippen LogP contribution in [-0.2, 0) is 9.47 Å². The summed E-state index contributed by atoms with van der Waals surface area (Å²) < 4.78 is 10.6. The second kappa shape index (κ2) is 4.49. The predicted molar refractivity (Wildman–Crippen MR) is 54.6 cm³/mol. The Labute approximate surface area is 91.7 Å². The summed E-state index contributed by atoms with van der Waals surface area (Å²) in [5.74, 6) is 0. The number of nitrogens with zero attached hydrogens (tertiary/aromatic N) is 1. The van der Waals surface area contributed by atoms with E-state index in [-0.39, 0.29) is 18.3 Å². The molecule has 2 aliphatic rings. The molecule has 2 fully saturated rings. The minimum Gasteiger partial charge on any atom is -0.443 e. The summed E-state index contributed by atoms with van der Waals surface area (Å²) >= 11 is 3.31. The first-order valence-corrected chi connectivity index (χ1v) is 6.05. The van der Waals surface area contributed by atoms with Crippen LogP contribution in [0.3, 0.4) is 0 Å². The van der Waals surface area contributed by atoms with E-state index < -0.39 is 0 Å². The number of hydrogen-bond donors (Lipinski definition) is 0. The number of alkyl halides is 1. The molecule has 2 unspecified atom stereocenters. The molecule has 0 aliphatic carbocycles. The number of ether oxygens (including phenoxy) is 2. The molecular weight excluding hydrogens is 250 g/mol. The van der Waals surface area contributed by atoms with Gasteiger partial charge in [0.05, 0.1) is 19.2 Å². The first kappa shape index (κ1) is 10.2. The first-order chi connectivity index (χ1) is 6.79. The van der Waals surface area contributed by atoms with E-state index in [1.54, 1.807) is 4.90 Å². The molecule has 2 atom stereocenters. The molecule has 2 aliphatic heterocycles. The number of carbonyl (C=O) groups is 1. The van der Waals surface area contributed by atoms with E-state index in [1.165, 1.54) is 0 Å². The molecule has 80 valence electrons. The van der Waals surface area contributed by atoms with Gasteiger partial charge in [0, 0.05) is 11.9 Å². The monoisotopic (exact) mass is 263 g/mol. The van der Waals surface area contributed by atoms with Gasteiger partial charge in [-0.1, -0.05) is 15.9 Å². The maximum Gasteiger partial charge on any atom is 0.410 e. The first-order valence-electron chi connectivity index (χ1n) is 4.92. The van der Waals surface area contributed by atoms with Crippen molar-refractivity contribution in [3.63, 3.8) is 0 Å². The Morgan fingerprint density at radius 1 is 1.50 bits per heavy atom. The predicted octanol–water partition coefficient (Wildman–Crippen LogP) is 1.38. The van der Waals surface area contributed by atoms with Gasteiger partial charge < -0.3 is 14.4 Å². The second-order valence-electron chi connectivity index (χ2n) is 3.70. The fourth-order valence-electron chi connectivity index (χ4n) is 1.84. The molecule has 0 aromatic heterocycles. The van der Waals surface area contributed by atoms with Crippen LogP contribution in [0.2, 0.25) is 0 Å². The number of hydrogen-bond acceptors (Lipinski definition) is 3. The van der Waals surface area contributed by atoms with E-state index in [4.69, 9.17) is 9.47 Å². The van der Waals surface area contributed by atoms with Crippen LogP contribution in [0.25, 0.3) is 0 Å². The Bertz CT molecular complexity index is 218. The second-order valence-corrected chi connectivity index (χ2v) is 4.35. The Hall–Kier alpha value is -0.290. The summed E-state index contributed by atoms with van der Waals surface area (Å²) in [6.45, 7) is 2.20. The summed E-state index contributed by atoms with van der Waals surface area (Å²) in [6.07, 6.45) is 2.18. The van der Waals surface area contributed by atoms with E-state index in [2.05, 4.69) is 15.9 Å². The van der Waals surface area contributed by atoms with Gasteiger partial charge in [-0.05, 0) is 12.8 Å². The molecule has 2 saturated heterocycles. The van der Waals surface area contributed by atoms with E-state index in [9.17, 15) is 4.79 Å². The van der Waals surface area contributed by atoms with E-state index in [0.717, 1.165) is 19.4 Å². The van der Waals surface area contributed by atoms with Gasteiger partial charge in [-0.2, -0.15) is 0 Å². The number of rotatable bonds is 3. The lowest BCUT2D eigenvalue weighted by Gasteiger charge is -2.17. The Kier molecular flexibility index (Phi) is 3.28. The molecule has 0 spiro atoms. The minimum atomic E-state index is -0.204.